The molecular weight excluding hydrogens is 1570 g/mol. The summed E-state index contributed by atoms with van der Waals surface area (Å²) in [5, 5.41) is 0. The van der Waals surface area contributed by atoms with Crippen LogP contribution in [0.1, 0.15) is 27.7 Å². The summed E-state index contributed by atoms with van der Waals surface area (Å²) in [6.45, 7) is 8.30. The van der Waals surface area contributed by atoms with Crippen molar-refractivity contribution >= 4 is 67.0 Å². The number of aromatic nitrogens is 6. The van der Waals surface area contributed by atoms with E-state index in [4.69, 9.17) is 39.2 Å². The zero-order valence-corrected chi connectivity index (χ0v) is 65.2. The maximum absolute atomic E-state index is 6.28. The van der Waals surface area contributed by atoms with Crippen LogP contribution in [0.3, 0.4) is 0 Å². The summed E-state index contributed by atoms with van der Waals surface area (Å²) in [4.78, 5) is 30.2. The van der Waals surface area contributed by atoms with Crippen LogP contribution in [0.15, 0.2) is 373 Å². The largest absolute Gasteiger partial charge is 0.494 e. The van der Waals surface area contributed by atoms with E-state index in [2.05, 4.69) is 404 Å². The minimum atomic E-state index is -0.402. The van der Waals surface area contributed by atoms with Crippen molar-refractivity contribution in [3.63, 3.8) is 0 Å². The molecule has 8 nitrogen and oxygen atoms in total. The van der Waals surface area contributed by atoms with Gasteiger partial charge < -0.3 is 9.31 Å². The standard InChI is InChI=1S/C45H38BN3O2.C45H30BrN3.C6H4BrI/c1-44(2)45(3,4)51-46(50-44)40-28-26-35(27-29-40)38-16-11-17-39(30-38)43-48-41(36-22-18-33(19-23-36)31-12-7-5-8-13-31)47-42(49-43)37-24-20-34(21-25-37)32-14-9-6-10-15-32;46-42-16-8-14-40(30-42)36-19-17-35(18-20-36)39-13-7-15-41(29-39)45-48-43(37-25-21-33(22-26-37)31-9-3-1-4-10-31)47-44(49-45)38-27-23-34(24-28-38)32-11-5-2-6-12-32;7-5-2-1-3-6(8)4-5/h5-30H,1-4H3;1-30H;1-4H. The summed E-state index contributed by atoms with van der Waals surface area (Å²) in [5.74, 6) is 3.76. The minimum absolute atomic E-state index is 0.388. The molecule has 108 heavy (non-hydrogen) atoms. The molecule has 14 aromatic carbocycles. The van der Waals surface area contributed by atoms with Crippen LogP contribution in [-0.4, -0.2) is 48.2 Å². The van der Waals surface area contributed by atoms with E-state index in [-0.39, 0.29) is 11.2 Å². The van der Waals surface area contributed by atoms with E-state index < -0.39 is 7.12 Å². The second-order valence-electron chi connectivity index (χ2n) is 27.3. The number of rotatable bonds is 14. The van der Waals surface area contributed by atoms with Crippen LogP contribution < -0.4 is 5.46 Å². The molecule has 0 spiro atoms. The van der Waals surface area contributed by atoms with Crippen molar-refractivity contribution in [1.29, 1.82) is 0 Å². The number of hydrogen-bond donors (Lipinski definition) is 0. The summed E-state index contributed by atoms with van der Waals surface area (Å²) in [7, 11) is -0.402. The molecule has 0 amide bonds. The Balaban J connectivity index is 0.000000156. The van der Waals surface area contributed by atoms with Crippen molar-refractivity contribution in [1.82, 2.24) is 29.9 Å². The van der Waals surface area contributed by atoms with Gasteiger partial charge in [0.15, 0.2) is 34.9 Å². The fourth-order valence-corrected chi connectivity index (χ4v) is 14.5. The Morgan fingerprint density at radius 3 is 0.713 bits per heavy atom. The lowest BCUT2D eigenvalue weighted by Crippen LogP contribution is -2.41. The maximum atomic E-state index is 6.28. The van der Waals surface area contributed by atoms with Crippen LogP contribution in [-0.2, 0) is 9.31 Å². The van der Waals surface area contributed by atoms with Crippen LogP contribution >= 0.6 is 54.5 Å². The Morgan fingerprint density at radius 2 is 0.435 bits per heavy atom. The van der Waals surface area contributed by atoms with E-state index >= 15 is 0 Å². The Bertz CT molecular complexity index is 5510. The zero-order valence-electron chi connectivity index (χ0n) is 59.9. The van der Waals surface area contributed by atoms with Crippen LogP contribution in [0.4, 0.5) is 0 Å². The van der Waals surface area contributed by atoms with Crippen molar-refractivity contribution in [3.8, 4) is 146 Å². The highest BCUT2D eigenvalue weighted by atomic mass is 127. The predicted octanol–water partition coefficient (Wildman–Crippen LogP) is 25.5. The Labute approximate surface area is 662 Å². The fourth-order valence-electron chi connectivity index (χ4n) is 12.8. The third-order valence-corrected chi connectivity index (χ3v) is 21.1. The second-order valence-corrected chi connectivity index (χ2v) is 30.4. The molecule has 12 heteroatoms. The third kappa shape index (κ3) is 17.3. The lowest BCUT2D eigenvalue weighted by molar-refractivity contribution is 0.00578. The highest BCUT2D eigenvalue weighted by Gasteiger charge is 2.51. The average molecular weight is 1640 g/mol. The van der Waals surface area contributed by atoms with E-state index in [0.717, 1.165) is 92.3 Å². The number of benzene rings is 14. The normalized spacial score (nSPS) is 12.6. The summed E-state index contributed by atoms with van der Waals surface area (Å²) < 4.78 is 16.0. The van der Waals surface area contributed by atoms with Gasteiger partial charge in [-0.05, 0) is 176 Å². The fraction of sp³-hybridized carbons (Fsp3) is 0.0625. The Hall–Kier alpha value is -11.2. The molecule has 0 saturated carbocycles. The first-order valence-corrected chi connectivity index (χ1v) is 38.4. The van der Waals surface area contributed by atoms with E-state index in [1.165, 1.54) is 37.0 Å². The van der Waals surface area contributed by atoms with Crippen LogP contribution in [0.5, 0.6) is 0 Å². The van der Waals surface area contributed by atoms with Crippen molar-refractivity contribution in [2.24, 2.45) is 0 Å². The monoisotopic (exact) mass is 1640 g/mol. The van der Waals surface area contributed by atoms with Gasteiger partial charge in [0.05, 0.1) is 11.2 Å². The van der Waals surface area contributed by atoms with Crippen molar-refractivity contribution in [2.75, 3.05) is 0 Å². The van der Waals surface area contributed by atoms with E-state index in [0.29, 0.717) is 34.9 Å². The van der Waals surface area contributed by atoms with E-state index in [9.17, 15) is 0 Å². The summed E-state index contributed by atoms with van der Waals surface area (Å²) >= 11 is 9.22. The zero-order chi connectivity index (χ0) is 74.0. The molecule has 1 aliphatic heterocycles. The molecular formula is C96H72BBr2IN6O2. The molecule has 1 fully saturated rings. The van der Waals surface area contributed by atoms with Gasteiger partial charge in [0, 0.05) is 45.9 Å². The molecule has 3 heterocycles. The first-order valence-electron chi connectivity index (χ1n) is 35.8. The molecule has 1 saturated heterocycles. The summed E-state index contributed by atoms with van der Waals surface area (Å²) in [6, 6.07) is 126. The molecule has 0 aliphatic carbocycles. The van der Waals surface area contributed by atoms with Crippen molar-refractivity contribution in [2.45, 2.75) is 38.9 Å². The number of halogens is 3. The Morgan fingerprint density at radius 1 is 0.222 bits per heavy atom. The third-order valence-electron chi connectivity index (χ3n) is 19.4. The predicted molar refractivity (Wildman–Crippen MR) is 461 cm³/mol. The molecule has 0 unspecified atom stereocenters. The quantitative estimate of drug-likeness (QED) is 0.0785. The van der Waals surface area contributed by atoms with Gasteiger partial charge in [0.2, 0.25) is 0 Å². The number of hydrogen-bond acceptors (Lipinski definition) is 8. The lowest BCUT2D eigenvalue weighted by Gasteiger charge is -2.32. The Kier molecular flexibility index (Phi) is 22.0. The SMILES string of the molecule is Brc1cccc(-c2ccc(-c3cccc(-c4nc(-c5ccc(-c6ccccc6)cc5)nc(-c5ccc(-c6ccccc6)cc5)n4)c3)cc2)c1.Brc1cccc(I)c1.CC1(C)OB(c2ccc(-c3cccc(-c4nc(-c5ccc(-c6ccccc6)cc5)nc(-c5ccc(-c6ccccc6)cc5)n4)c3)cc2)OC1(C)C. The van der Waals surface area contributed by atoms with E-state index in [1.807, 2.05) is 42.5 Å². The molecule has 522 valence electrons. The van der Waals surface area contributed by atoms with E-state index in [1.54, 1.807) is 0 Å². The van der Waals surface area contributed by atoms with Crippen molar-refractivity contribution < 1.29 is 9.31 Å². The van der Waals surface area contributed by atoms with Crippen LogP contribution in [0.25, 0.3) is 146 Å². The molecule has 0 radical (unpaired) electrons. The van der Waals surface area contributed by atoms with Gasteiger partial charge in [0.1, 0.15) is 0 Å². The van der Waals surface area contributed by atoms with Crippen LogP contribution in [0.2, 0.25) is 0 Å². The first-order chi connectivity index (χ1) is 52.7. The molecule has 17 rings (SSSR count). The molecule has 1 aliphatic rings. The molecule has 0 bridgehead atoms. The van der Waals surface area contributed by atoms with Gasteiger partial charge >= 0.3 is 7.12 Å². The topological polar surface area (TPSA) is 95.8 Å². The minimum Gasteiger partial charge on any atom is -0.399 e. The van der Waals surface area contributed by atoms with Gasteiger partial charge in [-0.2, -0.15) is 0 Å². The molecule has 16 aromatic rings. The molecule has 0 N–H and O–H groups in total. The van der Waals surface area contributed by atoms with Gasteiger partial charge in [-0.1, -0.05) is 353 Å². The maximum Gasteiger partial charge on any atom is 0.494 e. The van der Waals surface area contributed by atoms with Gasteiger partial charge in [-0.3, -0.25) is 0 Å². The number of nitrogens with zero attached hydrogens (tertiary/aromatic N) is 6. The van der Waals surface area contributed by atoms with Gasteiger partial charge in [-0.15, -0.1) is 0 Å². The lowest BCUT2D eigenvalue weighted by atomic mass is 9.78. The molecule has 2 aromatic heterocycles. The highest BCUT2D eigenvalue weighted by molar-refractivity contribution is 14.1. The highest BCUT2D eigenvalue weighted by Crippen LogP contribution is 2.39. The summed E-state index contributed by atoms with van der Waals surface area (Å²) in [6.07, 6.45) is 0. The first kappa shape index (κ1) is 72.3. The summed E-state index contributed by atoms with van der Waals surface area (Å²) in [5.41, 5.74) is 21.8. The smallest absolute Gasteiger partial charge is 0.399 e. The van der Waals surface area contributed by atoms with Crippen LogP contribution in [0, 0.1) is 3.57 Å². The second kappa shape index (κ2) is 32.9. The average Bonchev–Trinajstić information content (AvgIpc) is 1.68. The van der Waals surface area contributed by atoms with Crippen molar-refractivity contribution in [3.05, 3.63) is 376 Å². The molecule has 0 atom stereocenters. The van der Waals surface area contributed by atoms with Gasteiger partial charge in [-0.25, -0.2) is 29.9 Å². The van der Waals surface area contributed by atoms with Gasteiger partial charge in [0.25, 0.3) is 0 Å².